The standard InChI is InChI=1S/C27H34ClN3O5Si/c1-6-8-12-35-24-15-21(10-9-20(24)18-29)30-27(32)31-23-16-22(28)25(17-26(23)34-11-7-2)36-19-33-13-14-37(3,4)5/h6-7,9-10,15-17H,1-2,8,11-14,19H2,3-5H3,(H2,30,31,32). The molecule has 8 nitrogen and oxygen atoms in total. The molecule has 0 spiro atoms. The second-order valence-electron chi connectivity index (χ2n) is 9.19. The van der Waals surface area contributed by atoms with Gasteiger partial charge >= 0.3 is 6.03 Å². The summed E-state index contributed by atoms with van der Waals surface area (Å²) in [5.41, 5.74) is 1.15. The molecule has 198 valence electrons. The lowest BCUT2D eigenvalue weighted by Crippen LogP contribution is -2.22. The van der Waals surface area contributed by atoms with E-state index in [4.69, 9.17) is 30.5 Å². The van der Waals surface area contributed by atoms with Crippen LogP contribution >= 0.6 is 11.6 Å². The number of hydrogen-bond donors (Lipinski definition) is 2. The van der Waals surface area contributed by atoms with Gasteiger partial charge in [0.05, 0.1) is 22.9 Å². The number of nitrogens with one attached hydrogen (secondary N) is 2. The van der Waals surface area contributed by atoms with Gasteiger partial charge in [0.15, 0.2) is 6.79 Å². The number of amides is 2. The number of benzene rings is 2. The zero-order valence-electron chi connectivity index (χ0n) is 21.6. The minimum Gasteiger partial charge on any atom is -0.492 e. The van der Waals surface area contributed by atoms with Crippen LogP contribution in [0, 0.1) is 11.3 Å². The lowest BCUT2D eigenvalue weighted by Gasteiger charge is -2.17. The Labute approximate surface area is 224 Å². The Hall–Kier alpha value is -3.45. The molecule has 0 radical (unpaired) electrons. The van der Waals surface area contributed by atoms with E-state index in [0.717, 1.165) is 6.04 Å². The minimum absolute atomic E-state index is 0.0499. The van der Waals surface area contributed by atoms with E-state index in [1.807, 2.05) is 0 Å². The highest BCUT2D eigenvalue weighted by molar-refractivity contribution is 6.76. The molecule has 0 bridgehead atoms. The average Bonchev–Trinajstić information content (AvgIpc) is 2.84. The maximum absolute atomic E-state index is 12.7. The highest BCUT2D eigenvalue weighted by Gasteiger charge is 2.16. The van der Waals surface area contributed by atoms with Gasteiger partial charge in [-0.25, -0.2) is 4.79 Å². The highest BCUT2D eigenvalue weighted by Crippen LogP contribution is 2.36. The molecule has 2 aromatic carbocycles. The smallest absolute Gasteiger partial charge is 0.323 e. The number of anilines is 2. The zero-order chi connectivity index (χ0) is 27.3. The number of nitrogens with zero attached hydrogens (tertiary/aromatic N) is 1. The third kappa shape index (κ3) is 10.6. The average molecular weight is 544 g/mol. The van der Waals surface area contributed by atoms with Gasteiger partial charge in [0.25, 0.3) is 0 Å². The van der Waals surface area contributed by atoms with Gasteiger partial charge in [-0.3, -0.25) is 0 Å². The van der Waals surface area contributed by atoms with Gasteiger partial charge in [0, 0.05) is 32.5 Å². The molecule has 0 fully saturated rings. The van der Waals surface area contributed by atoms with Crippen molar-refractivity contribution in [2.45, 2.75) is 32.1 Å². The zero-order valence-corrected chi connectivity index (χ0v) is 23.3. The van der Waals surface area contributed by atoms with Gasteiger partial charge in [-0.05, 0) is 30.7 Å². The largest absolute Gasteiger partial charge is 0.492 e. The quantitative estimate of drug-likeness (QED) is 0.108. The summed E-state index contributed by atoms with van der Waals surface area (Å²) in [7, 11) is -1.20. The third-order valence-electron chi connectivity index (χ3n) is 4.87. The monoisotopic (exact) mass is 543 g/mol. The molecule has 0 unspecified atom stereocenters. The number of carbonyl (C=O) groups excluding carboxylic acids is 1. The summed E-state index contributed by atoms with van der Waals surface area (Å²) in [5, 5.41) is 15.0. The van der Waals surface area contributed by atoms with E-state index in [1.54, 1.807) is 42.5 Å². The Kier molecular flexibility index (Phi) is 12.0. The lowest BCUT2D eigenvalue weighted by atomic mass is 10.2. The fourth-order valence-electron chi connectivity index (χ4n) is 2.90. The van der Waals surface area contributed by atoms with Crippen molar-refractivity contribution in [2.24, 2.45) is 0 Å². The topological polar surface area (TPSA) is 102 Å². The van der Waals surface area contributed by atoms with Crippen LogP contribution in [0.25, 0.3) is 0 Å². The summed E-state index contributed by atoms with van der Waals surface area (Å²) >= 11 is 6.40. The van der Waals surface area contributed by atoms with Gasteiger partial charge in [-0.15, -0.1) is 6.58 Å². The van der Waals surface area contributed by atoms with Crippen molar-refractivity contribution < 1.29 is 23.7 Å². The normalized spacial score (nSPS) is 10.7. The summed E-state index contributed by atoms with van der Waals surface area (Å²) in [6.07, 6.45) is 3.93. The van der Waals surface area contributed by atoms with Crippen LogP contribution < -0.4 is 24.8 Å². The summed E-state index contributed by atoms with van der Waals surface area (Å²) in [6.45, 7) is 15.4. The molecule has 0 saturated carbocycles. The Morgan fingerprint density at radius 3 is 2.49 bits per heavy atom. The van der Waals surface area contributed by atoms with E-state index in [0.29, 0.717) is 53.8 Å². The van der Waals surface area contributed by atoms with Crippen LogP contribution in [0.3, 0.4) is 0 Å². The van der Waals surface area contributed by atoms with Crippen molar-refractivity contribution in [2.75, 3.05) is 37.2 Å². The molecular weight excluding hydrogens is 510 g/mol. The van der Waals surface area contributed by atoms with Gasteiger partial charge in [-0.2, -0.15) is 5.26 Å². The highest BCUT2D eigenvalue weighted by atomic mass is 35.5. The SMILES string of the molecule is C=CCCOc1cc(NC(=O)Nc2cc(Cl)c(OCOCC[Si](C)(C)C)cc2OCC=C)ccc1C#N. The summed E-state index contributed by atoms with van der Waals surface area (Å²) in [4.78, 5) is 12.7. The first-order valence-electron chi connectivity index (χ1n) is 11.8. The van der Waals surface area contributed by atoms with E-state index in [1.165, 1.54) is 0 Å². The molecule has 2 aromatic rings. The van der Waals surface area contributed by atoms with Crippen molar-refractivity contribution in [1.82, 2.24) is 0 Å². The molecule has 0 aliphatic carbocycles. The molecule has 0 aromatic heterocycles. The number of urea groups is 1. The number of nitriles is 1. The fourth-order valence-corrected chi connectivity index (χ4v) is 3.88. The van der Waals surface area contributed by atoms with Gasteiger partial charge in [-0.1, -0.05) is 50.0 Å². The summed E-state index contributed by atoms with van der Waals surface area (Å²) in [6, 6.07) is 10.5. The fraction of sp³-hybridized carbons (Fsp3) is 0.333. The molecule has 0 saturated heterocycles. The second kappa shape index (κ2) is 14.9. The lowest BCUT2D eigenvalue weighted by molar-refractivity contribution is 0.0220. The molecule has 2 amide bonds. The molecule has 0 heterocycles. The molecule has 2 N–H and O–H groups in total. The van der Waals surface area contributed by atoms with Crippen molar-refractivity contribution >= 4 is 37.1 Å². The van der Waals surface area contributed by atoms with Crippen LogP contribution in [0.2, 0.25) is 30.7 Å². The predicted molar refractivity (Wildman–Crippen MR) is 151 cm³/mol. The van der Waals surface area contributed by atoms with Gasteiger partial charge in [0.1, 0.15) is 29.9 Å². The van der Waals surface area contributed by atoms with E-state index in [9.17, 15) is 10.1 Å². The Balaban J connectivity index is 2.10. The van der Waals surface area contributed by atoms with Crippen molar-refractivity contribution in [3.05, 3.63) is 66.2 Å². The molecule has 10 heteroatoms. The maximum Gasteiger partial charge on any atom is 0.323 e. The Morgan fingerprint density at radius 2 is 1.81 bits per heavy atom. The molecule has 2 rings (SSSR count). The number of ether oxygens (including phenoxy) is 4. The molecular formula is C27H34ClN3O5Si. The van der Waals surface area contributed by atoms with Gasteiger partial charge in [0.2, 0.25) is 0 Å². The van der Waals surface area contributed by atoms with Crippen LogP contribution in [-0.2, 0) is 4.74 Å². The first kappa shape index (κ1) is 29.8. The van der Waals surface area contributed by atoms with Crippen LogP contribution in [0.1, 0.15) is 12.0 Å². The minimum atomic E-state index is -1.20. The Morgan fingerprint density at radius 1 is 1.03 bits per heavy atom. The van der Waals surface area contributed by atoms with Crippen LogP contribution in [0.5, 0.6) is 17.2 Å². The first-order valence-corrected chi connectivity index (χ1v) is 15.9. The van der Waals surface area contributed by atoms with E-state index in [2.05, 4.69) is 49.5 Å². The van der Waals surface area contributed by atoms with E-state index < -0.39 is 14.1 Å². The van der Waals surface area contributed by atoms with Crippen molar-refractivity contribution in [3.8, 4) is 23.3 Å². The molecule has 0 aliphatic heterocycles. The first-order chi connectivity index (χ1) is 17.7. The Bertz CT molecular complexity index is 1130. The van der Waals surface area contributed by atoms with Crippen molar-refractivity contribution in [1.29, 1.82) is 5.26 Å². The number of carbonyl (C=O) groups is 1. The number of hydrogen-bond acceptors (Lipinski definition) is 6. The van der Waals surface area contributed by atoms with E-state index >= 15 is 0 Å². The second-order valence-corrected chi connectivity index (χ2v) is 15.2. The van der Waals surface area contributed by atoms with Crippen LogP contribution in [0.15, 0.2) is 55.6 Å². The third-order valence-corrected chi connectivity index (χ3v) is 6.87. The van der Waals surface area contributed by atoms with Crippen LogP contribution in [-0.4, -0.2) is 40.7 Å². The van der Waals surface area contributed by atoms with Crippen molar-refractivity contribution in [3.63, 3.8) is 0 Å². The van der Waals surface area contributed by atoms with Crippen LogP contribution in [0.4, 0.5) is 16.2 Å². The molecule has 0 aliphatic rings. The molecule has 37 heavy (non-hydrogen) atoms. The van der Waals surface area contributed by atoms with Gasteiger partial charge < -0.3 is 29.6 Å². The predicted octanol–water partition coefficient (Wildman–Crippen LogP) is 7.07. The maximum atomic E-state index is 12.7. The molecule has 0 atom stereocenters. The summed E-state index contributed by atoms with van der Waals surface area (Å²) < 4.78 is 22.6. The van der Waals surface area contributed by atoms with E-state index in [-0.39, 0.29) is 18.4 Å². The number of halogens is 1. The summed E-state index contributed by atoms with van der Waals surface area (Å²) in [5.74, 6) is 1.09. The number of rotatable bonds is 15.